The molecule has 0 aromatic rings. The maximum absolute atomic E-state index is 3.57. The smallest absolute Gasteiger partial charge is 0.0164 e. The van der Waals surface area contributed by atoms with Gasteiger partial charge in [0, 0.05) is 12.6 Å². The van der Waals surface area contributed by atoms with Gasteiger partial charge in [0.2, 0.25) is 0 Å². The molecule has 82 valence electrons. The van der Waals surface area contributed by atoms with Crippen molar-refractivity contribution in [2.75, 3.05) is 6.54 Å². The highest BCUT2D eigenvalue weighted by Crippen LogP contribution is 2.21. The third kappa shape index (κ3) is 3.83. The van der Waals surface area contributed by atoms with E-state index in [2.05, 4.69) is 39.1 Å². The lowest BCUT2D eigenvalue weighted by molar-refractivity contribution is 0.383. The van der Waals surface area contributed by atoms with Crippen molar-refractivity contribution >= 4 is 0 Å². The van der Waals surface area contributed by atoms with Crippen molar-refractivity contribution < 1.29 is 0 Å². The molecule has 14 heavy (non-hydrogen) atoms. The average molecular weight is 195 g/mol. The largest absolute Gasteiger partial charge is 0.311 e. The van der Waals surface area contributed by atoms with E-state index in [0.29, 0.717) is 6.04 Å². The lowest BCUT2D eigenvalue weighted by Gasteiger charge is -2.22. The zero-order valence-corrected chi connectivity index (χ0v) is 10.1. The third-order valence-electron chi connectivity index (χ3n) is 3.47. The van der Waals surface area contributed by atoms with E-state index < -0.39 is 0 Å². The van der Waals surface area contributed by atoms with Crippen LogP contribution < -0.4 is 5.32 Å². The quantitative estimate of drug-likeness (QED) is 0.584. The van der Waals surface area contributed by atoms with E-state index >= 15 is 0 Å². The van der Waals surface area contributed by atoms with Gasteiger partial charge in [-0.05, 0) is 32.1 Å². The number of allylic oxidation sites excluding steroid dienone is 1. The molecule has 0 aromatic carbocycles. The van der Waals surface area contributed by atoms with Crippen LogP contribution in [0.2, 0.25) is 0 Å². The molecule has 1 N–H and O–H groups in total. The summed E-state index contributed by atoms with van der Waals surface area (Å²) in [7, 11) is 0. The SMILES string of the molecule is C/C1=C/C(C)C(C)CCCC(C)NC1. The van der Waals surface area contributed by atoms with E-state index in [1.807, 2.05) is 0 Å². The second-order valence-corrected chi connectivity index (χ2v) is 5.06. The number of hydrogen-bond acceptors (Lipinski definition) is 1. The van der Waals surface area contributed by atoms with E-state index in [0.717, 1.165) is 18.4 Å². The van der Waals surface area contributed by atoms with Gasteiger partial charge < -0.3 is 5.32 Å². The Hall–Kier alpha value is -0.300. The molecule has 1 nitrogen and oxygen atoms in total. The summed E-state index contributed by atoms with van der Waals surface area (Å²) in [6.07, 6.45) is 6.50. The molecule has 0 aromatic heterocycles. The molecule has 0 radical (unpaired) electrons. The molecular weight excluding hydrogens is 170 g/mol. The van der Waals surface area contributed by atoms with E-state index in [1.54, 1.807) is 0 Å². The van der Waals surface area contributed by atoms with Crippen molar-refractivity contribution in [1.82, 2.24) is 5.32 Å². The van der Waals surface area contributed by atoms with Crippen molar-refractivity contribution in [3.63, 3.8) is 0 Å². The molecule has 0 amide bonds. The van der Waals surface area contributed by atoms with Crippen molar-refractivity contribution in [3.05, 3.63) is 11.6 Å². The first-order valence-corrected chi connectivity index (χ1v) is 6.00. The second-order valence-electron chi connectivity index (χ2n) is 5.06. The van der Waals surface area contributed by atoms with Gasteiger partial charge >= 0.3 is 0 Å². The maximum atomic E-state index is 3.57. The molecule has 0 bridgehead atoms. The first kappa shape index (κ1) is 11.8. The van der Waals surface area contributed by atoms with Gasteiger partial charge in [0.15, 0.2) is 0 Å². The van der Waals surface area contributed by atoms with E-state index in [-0.39, 0.29) is 0 Å². The minimum atomic E-state index is 0.680. The molecule has 1 heteroatoms. The molecule has 1 aliphatic rings. The Kier molecular flexibility index (Phi) is 4.67. The molecule has 0 saturated heterocycles. The molecule has 1 heterocycles. The van der Waals surface area contributed by atoms with Crippen LogP contribution in [0.1, 0.15) is 47.0 Å². The van der Waals surface area contributed by atoms with Crippen LogP contribution in [-0.4, -0.2) is 12.6 Å². The monoisotopic (exact) mass is 195 g/mol. The minimum Gasteiger partial charge on any atom is -0.311 e. The molecule has 0 fully saturated rings. The Balaban J connectivity index is 2.60. The van der Waals surface area contributed by atoms with Crippen LogP contribution in [-0.2, 0) is 0 Å². The fourth-order valence-electron chi connectivity index (χ4n) is 2.12. The van der Waals surface area contributed by atoms with Gasteiger partial charge in [-0.1, -0.05) is 38.3 Å². The highest BCUT2D eigenvalue weighted by atomic mass is 14.9. The Labute approximate surface area is 89.0 Å². The summed E-state index contributed by atoms with van der Waals surface area (Å²) in [6.45, 7) is 10.3. The minimum absolute atomic E-state index is 0.680. The Bertz CT molecular complexity index is 195. The molecule has 1 rings (SSSR count). The average Bonchev–Trinajstić information content (AvgIpc) is 2.13. The van der Waals surface area contributed by atoms with Gasteiger partial charge in [-0.25, -0.2) is 0 Å². The fraction of sp³-hybridized carbons (Fsp3) is 0.846. The molecule has 3 unspecified atom stereocenters. The zero-order chi connectivity index (χ0) is 10.6. The first-order valence-electron chi connectivity index (χ1n) is 6.00. The molecule has 0 spiro atoms. The number of rotatable bonds is 0. The second kappa shape index (κ2) is 5.55. The van der Waals surface area contributed by atoms with Crippen LogP contribution in [0.3, 0.4) is 0 Å². The predicted octanol–water partition coefficient (Wildman–Crippen LogP) is 3.37. The third-order valence-corrected chi connectivity index (χ3v) is 3.47. The van der Waals surface area contributed by atoms with Crippen LogP contribution in [0.5, 0.6) is 0 Å². The maximum Gasteiger partial charge on any atom is 0.0164 e. The standard InChI is InChI=1S/C13H25N/c1-10-8-12(3)11(2)6-5-7-13(4)14-9-10/h8,11-14H,5-7,9H2,1-4H3/b10-8-. The van der Waals surface area contributed by atoms with E-state index in [1.165, 1.54) is 24.8 Å². The summed E-state index contributed by atoms with van der Waals surface area (Å²) in [5.74, 6) is 1.58. The summed E-state index contributed by atoms with van der Waals surface area (Å²) in [5, 5.41) is 3.57. The van der Waals surface area contributed by atoms with Gasteiger partial charge in [0.05, 0.1) is 0 Å². The summed E-state index contributed by atoms with van der Waals surface area (Å²) >= 11 is 0. The lowest BCUT2D eigenvalue weighted by atomic mass is 9.88. The molecule has 0 aliphatic carbocycles. The Morgan fingerprint density at radius 2 is 1.93 bits per heavy atom. The van der Waals surface area contributed by atoms with Crippen LogP contribution in [0.25, 0.3) is 0 Å². The van der Waals surface area contributed by atoms with E-state index in [9.17, 15) is 0 Å². The van der Waals surface area contributed by atoms with Gasteiger partial charge in [-0.15, -0.1) is 0 Å². The van der Waals surface area contributed by atoms with Crippen molar-refractivity contribution in [3.8, 4) is 0 Å². The van der Waals surface area contributed by atoms with Crippen molar-refractivity contribution in [2.45, 2.75) is 53.0 Å². The van der Waals surface area contributed by atoms with Crippen molar-refractivity contribution in [1.29, 1.82) is 0 Å². The van der Waals surface area contributed by atoms with Crippen LogP contribution in [0.15, 0.2) is 11.6 Å². The molecular formula is C13H25N. The Morgan fingerprint density at radius 1 is 1.21 bits per heavy atom. The number of hydrogen-bond donors (Lipinski definition) is 1. The molecule has 0 saturated carbocycles. The fourth-order valence-corrected chi connectivity index (χ4v) is 2.12. The van der Waals surface area contributed by atoms with Gasteiger partial charge in [0.25, 0.3) is 0 Å². The first-order chi connectivity index (χ1) is 6.59. The zero-order valence-electron chi connectivity index (χ0n) is 10.1. The normalized spacial score (nSPS) is 40.0. The van der Waals surface area contributed by atoms with Gasteiger partial charge in [-0.3, -0.25) is 0 Å². The van der Waals surface area contributed by atoms with Crippen LogP contribution in [0.4, 0.5) is 0 Å². The van der Waals surface area contributed by atoms with Crippen LogP contribution in [0, 0.1) is 11.8 Å². The predicted molar refractivity (Wildman–Crippen MR) is 63.4 cm³/mol. The van der Waals surface area contributed by atoms with E-state index in [4.69, 9.17) is 0 Å². The molecule has 3 atom stereocenters. The van der Waals surface area contributed by atoms with Gasteiger partial charge in [-0.2, -0.15) is 0 Å². The summed E-state index contributed by atoms with van der Waals surface area (Å²) in [5.41, 5.74) is 1.50. The summed E-state index contributed by atoms with van der Waals surface area (Å²) in [4.78, 5) is 0. The highest BCUT2D eigenvalue weighted by Gasteiger charge is 2.12. The molecule has 1 aliphatic heterocycles. The van der Waals surface area contributed by atoms with Gasteiger partial charge in [0.1, 0.15) is 0 Å². The summed E-state index contributed by atoms with van der Waals surface area (Å²) in [6, 6.07) is 0.680. The Morgan fingerprint density at radius 3 is 2.64 bits per heavy atom. The summed E-state index contributed by atoms with van der Waals surface area (Å²) < 4.78 is 0. The highest BCUT2D eigenvalue weighted by molar-refractivity contribution is 5.03. The number of nitrogens with one attached hydrogen (secondary N) is 1. The van der Waals surface area contributed by atoms with Crippen LogP contribution >= 0.6 is 0 Å². The van der Waals surface area contributed by atoms with Crippen molar-refractivity contribution in [2.24, 2.45) is 11.8 Å². The topological polar surface area (TPSA) is 12.0 Å². The lowest BCUT2D eigenvalue weighted by Crippen LogP contribution is -2.28.